The van der Waals surface area contributed by atoms with Gasteiger partial charge in [0.15, 0.2) is 11.6 Å². The summed E-state index contributed by atoms with van der Waals surface area (Å²) in [5.41, 5.74) is 0. The molecule has 0 atom stereocenters. The fourth-order valence-corrected chi connectivity index (χ4v) is 1.88. The maximum Gasteiger partial charge on any atom is 0.183 e. The van der Waals surface area contributed by atoms with Crippen LogP contribution >= 0.6 is 11.3 Å². The Labute approximate surface area is 73.4 Å². The monoisotopic (exact) mass is 181 g/mol. The largest absolute Gasteiger partial charge is 0.493 e. The van der Waals surface area contributed by atoms with E-state index in [0.717, 1.165) is 5.39 Å². The SMILES string of the molecule is COc1[c]cc2ccsc2c1F. The van der Waals surface area contributed by atoms with E-state index in [1.165, 1.54) is 18.4 Å². The minimum absolute atomic E-state index is 0.185. The third kappa shape index (κ3) is 0.975. The summed E-state index contributed by atoms with van der Waals surface area (Å²) in [6.45, 7) is 0. The molecule has 0 aliphatic carbocycles. The summed E-state index contributed by atoms with van der Waals surface area (Å²) in [6.07, 6.45) is 0. The minimum Gasteiger partial charge on any atom is -0.493 e. The summed E-state index contributed by atoms with van der Waals surface area (Å²) in [5, 5.41) is 2.72. The molecule has 1 aromatic heterocycles. The number of ether oxygens (including phenoxy) is 1. The number of methoxy groups -OCH3 is 1. The number of thiophene rings is 1. The lowest BCUT2D eigenvalue weighted by atomic mass is 10.2. The van der Waals surface area contributed by atoms with E-state index in [4.69, 9.17) is 4.74 Å². The van der Waals surface area contributed by atoms with E-state index in [9.17, 15) is 4.39 Å². The van der Waals surface area contributed by atoms with Gasteiger partial charge in [-0.05, 0) is 22.9 Å². The molecule has 1 aromatic carbocycles. The molecule has 0 aliphatic rings. The molecular weight excluding hydrogens is 175 g/mol. The lowest BCUT2D eigenvalue weighted by molar-refractivity contribution is 0.388. The maximum absolute atomic E-state index is 13.4. The Balaban J connectivity index is 2.78. The van der Waals surface area contributed by atoms with Crippen molar-refractivity contribution in [1.29, 1.82) is 0 Å². The summed E-state index contributed by atoms with van der Waals surface area (Å²) < 4.78 is 18.8. The van der Waals surface area contributed by atoms with Crippen LogP contribution in [0, 0.1) is 11.9 Å². The molecule has 0 fully saturated rings. The second-order valence-electron chi connectivity index (χ2n) is 2.34. The van der Waals surface area contributed by atoms with Crippen molar-refractivity contribution in [2.45, 2.75) is 0 Å². The third-order valence-corrected chi connectivity index (χ3v) is 2.58. The zero-order valence-electron chi connectivity index (χ0n) is 6.43. The van der Waals surface area contributed by atoms with Crippen LogP contribution in [0.1, 0.15) is 0 Å². The maximum atomic E-state index is 13.4. The van der Waals surface area contributed by atoms with Gasteiger partial charge in [-0.15, -0.1) is 11.3 Å². The summed E-state index contributed by atoms with van der Waals surface area (Å²) >= 11 is 1.37. The number of halogens is 1. The summed E-state index contributed by atoms with van der Waals surface area (Å²) in [6, 6.07) is 6.31. The zero-order chi connectivity index (χ0) is 8.55. The van der Waals surface area contributed by atoms with Gasteiger partial charge in [0.2, 0.25) is 0 Å². The van der Waals surface area contributed by atoms with E-state index in [1.54, 1.807) is 6.07 Å². The van der Waals surface area contributed by atoms with Crippen molar-refractivity contribution in [3.63, 3.8) is 0 Å². The van der Waals surface area contributed by atoms with Crippen LogP contribution in [-0.2, 0) is 0 Å². The Morgan fingerprint density at radius 2 is 2.42 bits per heavy atom. The van der Waals surface area contributed by atoms with Gasteiger partial charge in [0, 0.05) is 6.07 Å². The molecule has 3 heteroatoms. The molecule has 1 heterocycles. The third-order valence-electron chi connectivity index (χ3n) is 1.66. The molecule has 0 bridgehead atoms. The van der Waals surface area contributed by atoms with Crippen molar-refractivity contribution in [2.24, 2.45) is 0 Å². The predicted molar refractivity (Wildman–Crippen MR) is 47.2 cm³/mol. The lowest BCUT2D eigenvalue weighted by Gasteiger charge is -2.00. The first-order chi connectivity index (χ1) is 5.83. The number of rotatable bonds is 1. The molecule has 2 aromatic rings. The molecule has 1 nitrogen and oxygen atoms in total. The molecule has 0 N–H and O–H groups in total. The van der Waals surface area contributed by atoms with Gasteiger partial charge in [0.1, 0.15) is 0 Å². The quantitative estimate of drug-likeness (QED) is 0.657. The van der Waals surface area contributed by atoms with Gasteiger partial charge in [0.05, 0.1) is 11.8 Å². The molecule has 0 amide bonds. The van der Waals surface area contributed by atoms with Crippen LogP contribution in [0.15, 0.2) is 17.5 Å². The molecule has 61 valence electrons. The molecule has 0 saturated carbocycles. The van der Waals surface area contributed by atoms with Crippen molar-refractivity contribution >= 4 is 21.4 Å². The van der Waals surface area contributed by atoms with E-state index in [2.05, 4.69) is 6.07 Å². The van der Waals surface area contributed by atoms with Crippen LogP contribution in [0.2, 0.25) is 0 Å². The van der Waals surface area contributed by atoms with E-state index in [0.29, 0.717) is 4.70 Å². The average Bonchev–Trinajstić information content (AvgIpc) is 2.53. The predicted octanol–water partition coefficient (Wildman–Crippen LogP) is 2.85. The highest BCUT2D eigenvalue weighted by Crippen LogP contribution is 2.29. The van der Waals surface area contributed by atoms with Gasteiger partial charge < -0.3 is 4.74 Å². The first-order valence-electron chi connectivity index (χ1n) is 3.44. The number of hydrogen-bond donors (Lipinski definition) is 0. The van der Waals surface area contributed by atoms with E-state index >= 15 is 0 Å². The second kappa shape index (κ2) is 2.75. The van der Waals surface area contributed by atoms with Gasteiger partial charge in [-0.2, -0.15) is 0 Å². The summed E-state index contributed by atoms with van der Waals surface area (Å²) in [7, 11) is 1.44. The standard InChI is InChI=1S/C9H6FOS/c1-11-7-3-2-6-4-5-12-9(6)8(7)10/h2,4-5H,1H3. The molecule has 12 heavy (non-hydrogen) atoms. The van der Waals surface area contributed by atoms with E-state index < -0.39 is 0 Å². The summed E-state index contributed by atoms with van der Waals surface area (Å²) in [4.78, 5) is 0. The Kier molecular flexibility index (Phi) is 1.73. The van der Waals surface area contributed by atoms with Crippen molar-refractivity contribution < 1.29 is 9.13 Å². The number of benzene rings is 1. The Hall–Kier alpha value is -1.09. The fraction of sp³-hybridized carbons (Fsp3) is 0.111. The summed E-state index contributed by atoms with van der Waals surface area (Å²) in [5.74, 6) is -0.130. The van der Waals surface area contributed by atoms with E-state index in [-0.39, 0.29) is 11.6 Å². The first kappa shape index (κ1) is 7.55. The van der Waals surface area contributed by atoms with Crippen LogP contribution < -0.4 is 4.74 Å². The van der Waals surface area contributed by atoms with Gasteiger partial charge in [0.25, 0.3) is 0 Å². The van der Waals surface area contributed by atoms with Gasteiger partial charge in [-0.1, -0.05) is 0 Å². The highest BCUT2D eigenvalue weighted by Gasteiger charge is 2.07. The van der Waals surface area contributed by atoms with Gasteiger partial charge >= 0.3 is 0 Å². The van der Waals surface area contributed by atoms with Crippen molar-refractivity contribution in [2.75, 3.05) is 7.11 Å². The first-order valence-corrected chi connectivity index (χ1v) is 4.32. The van der Waals surface area contributed by atoms with Crippen molar-refractivity contribution in [3.05, 3.63) is 29.4 Å². The zero-order valence-corrected chi connectivity index (χ0v) is 7.24. The van der Waals surface area contributed by atoms with Crippen LogP contribution in [0.3, 0.4) is 0 Å². The number of fused-ring (bicyclic) bond motifs is 1. The highest BCUT2D eigenvalue weighted by molar-refractivity contribution is 7.17. The smallest absolute Gasteiger partial charge is 0.183 e. The molecule has 0 spiro atoms. The lowest BCUT2D eigenvalue weighted by Crippen LogP contribution is -1.86. The molecule has 1 radical (unpaired) electrons. The van der Waals surface area contributed by atoms with Gasteiger partial charge in [-0.3, -0.25) is 0 Å². The second-order valence-corrected chi connectivity index (χ2v) is 3.26. The Morgan fingerprint density at radius 3 is 3.17 bits per heavy atom. The topological polar surface area (TPSA) is 9.23 Å². The van der Waals surface area contributed by atoms with Crippen LogP contribution in [-0.4, -0.2) is 7.11 Å². The van der Waals surface area contributed by atoms with Crippen molar-refractivity contribution in [3.8, 4) is 5.75 Å². The van der Waals surface area contributed by atoms with Crippen molar-refractivity contribution in [1.82, 2.24) is 0 Å². The normalized spacial score (nSPS) is 10.5. The minimum atomic E-state index is -0.315. The molecule has 0 aliphatic heterocycles. The molecule has 0 unspecified atom stereocenters. The van der Waals surface area contributed by atoms with Crippen LogP contribution in [0.4, 0.5) is 4.39 Å². The molecular formula is C9H6FOS. The van der Waals surface area contributed by atoms with E-state index in [1.807, 2.05) is 11.4 Å². The fourth-order valence-electron chi connectivity index (χ4n) is 1.07. The Bertz CT molecular complexity index is 408. The number of hydrogen-bond acceptors (Lipinski definition) is 2. The molecule has 2 rings (SSSR count). The van der Waals surface area contributed by atoms with Crippen LogP contribution in [0.25, 0.3) is 10.1 Å². The molecule has 0 saturated heterocycles. The van der Waals surface area contributed by atoms with Crippen LogP contribution in [0.5, 0.6) is 5.75 Å². The van der Waals surface area contributed by atoms with Gasteiger partial charge in [-0.25, -0.2) is 4.39 Å². The highest BCUT2D eigenvalue weighted by atomic mass is 32.1. The average molecular weight is 181 g/mol. The Morgan fingerprint density at radius 1 is 1.58 bits per heavy atom.